The predicted octanol–water partition coefficient (Wildman–Crippen LogP) is 2.16. The second-order valence-corrected chi connectivity index (χ2v) is 5.14. The maximum absolute atomic E-state index is 11.7. The van der Waals surface area contributed by atoms with Gasteiger partial charge in [-0.1, -0.05) is 37.3 Å². The van der Waals surface area contributed by atoms with Crippen LogP contribution in [-0.4, -0.2) is 25.7 Å². The molecule has 1 aromatic rings. The van der Waals surface area contributed by atoms with Gasteiger partial charge in [0.2, 0.25) is 5.91 Å². The normalized spacial score (nSPS) is 27.2. The second-order valence-electron chi connectivity index (χ2n) is 5.14. The molecule has 0 spiro atoms. The van der Waals surface area contributed by atoms with Gasteiger partial charge in [0.15, 0.2) is 0 Å². The number of nitrogens with one attached hydrogen (secondary N) is 1. The topological polar surface area (TPSA) is 38.3 Å². The van der Waals surface area contributed by atoms with E-state index < -0.39 is 0 Å². The highest BCUT2D eigenvalue weighted by Crippen LogP contribution is 2.37. The lowest BCUT2D eigenvalue weighted by atomic mass is 9.76. The first kappa shape index (κ1) is 13.1. The molecular formula is C15H21NO2. The van der Waals surface area contributed by atoms with E-state index in [1.165, 1.54) is 5.56 Å². The average molecular weight is 247 g/mol. The van der Waals surface area contributed by atoms with Gasteiger partial charge in [-0.2, -0.15) is 0 Å². The lowest BCUT2D eigenvalue weighted by molar-refractivity contribution is -0.120. The molecule has 0 saturated carbocycles. The molecule has 1 aliphatic heterocycles. The summed E-state index contributed by atoms with van der Waals surface area (Å²) in [7, 11) is 1.71. The molecule has 0 bridgehead atoms. The van der Waals surface area contributed by atoms with Crippen LogP contribution in [0.1, 0.15) is 25.3 Å². The van der Waals surface area contributed by atoms with E-state index in [4.69, 9.17) is 4.74 Å². The van der Waals surface area contributed by atoms with E-state index in [1.807, 2.05) is 18.2 Å². The van der Waals surface area contributed by atoms with E-state index in [-0.39, 0.29) is 17.4 Å². The first-order valence-corrected chi connectivity index (χ1v) is 6.52. The maximum atomic E-state index is 11.7. The van der Waals surface area contributed by atoms with Crippen molar-refractivity contribution >= 4 is 5.91 Å². The minimum atomic E-state index is -0.0539. The number of methoxy groups -OCH3 is 1. The van der Waals surface area contributed by atoms with Gasteiger partial charge >= 0.3 is 0 Å². The van der Waals surface area contributed by atoms with Crippen LogP contribution in [0.2, 0.25) is 0 Å². The molecule has 0 aromatic heterocycles. The van der Waals surface area contributed by atoms with E-state index in [0.717, 1.165) is 12.8 Å². The molecule has 2 atom stereocenters. The van der Waals surface area contributed by atoms with Crippen LogP contribution in [0.3, 0.4) is 0 Å². The van der Waals surface area contributed by atoms with Gasteiger partial charge in [0, 0.05) is 25.0 Å². The number of amides is 1. The van der Waals surface area contributed by atoms with Gasteiger partial charge in [-0.15, -0.1) is 0 Å². The van der Waals surface area contributed by atoms with Crippen LogP contribution in [0.15, 0.2) is 30.3 Å². The Balaban J connectivity index is 2.16. The second kappa shape index (κ2) is 5.53. The van der Waals surface area contributed by atoms with Gasteiger partial charge in [-0.05, 0) is 18.4 Å². The third kappa shape index (κ3) is 2.56. The SMILES string of the molecule is CCC1(COC)CC(=O)NC1Cc1ccccc1. The van der Waals surface area contributed by atoms with E-state index >= 15 is 0 Å². The van der Waals surface area contributed by atoms with Crippen molar-refractivity contribution < 1.29 is 9.53 Å². The van der Waals surface area contributed by atoms with Crippen molar-refractivity contribution in [3.63, 3.8) is 0 Å². The molecule has 98 valence electrons. The summed E-state index contributed by atoms with van der Waals surface area (Å²) in [6.45, 7) is 2.77. The zero-order chi connectivity index (χ0) is 13.0. The van der Waals surface area contributed by atoms with Crippen LogP contribution in [0.5, 0.6) is 0 Å². The molecule has 18 heavy (non-hydrogen) atoms. The molecule has 3 heteroatoms. The Labute approximate surface area is 109 Å². The summed E-state index contributed by atoms with van der Waals surface area (Å²) in [5.41, 5.74) is 1.21. The molecule has 1 N–H and O–H groups in total. The molecule has 1 heterocycles. The number of ether oxygens (including phenoxy) is 1. The summed E-state index contributed by atoms with van der Waals surface area (Å²) in [6.07, 6.45) is 2.41. The maximum Gasteiger partial charge on any atom is 0.220 e. The minimum absolute atomic E-state index is 0.0539. The van der Waals surface area contributed by atoms with Crippen LogP contribution in [-0.2, 0) is 16.0 Å². The highest BCUT2D eigenvalue weighted by Gasteiger charge is 2.45. The highest BCUT2D eigenvalue weighted by atomic mass is 16.5. The zero-order valence-electron chi connectivity index (χ0n) is 11.1. The Morgan fingerprint density at radius 2 is 2.11 bits per heavy atom. The van der Waals surface area contributed by atoms with E-state index in [2.05, 4.69) is 24.4 Å². The highest BCUT2D eigenvalue weighted by molar-refractivity contribution is 5.80. The van der Waals surface area contributed by atoms with Gasteiger partial charge in [-0.25, -0.2) is 0 Å². The molecule has 2 unspecified atom stereocenters. The van der Waals surface area contributed by atoms with E-state index in [9.17, 15) is 4.79 Å². The molecule has 1 aromatic carbocycles. The zero-order valence-corrected chi connectivity index (χ0v) is 11.1. The van der Waals surface area contributed by atoms with Crippen LogP contribution < -0.4 is 5.32 Å². The molecule has 0 radical (unpaired) electrons. The van der Waals surface area contributed by atoms with Crippen LogP contribution in [0.4, 0.5) is 0 Å². The molecule has 0 aliphatic carbocycles. The number of benzene rings is 1. The van der Waals surface area contributed by atoms with Gasteiger partial charge in [0.05, 0.1) is 6.61 Å². The van der Waals surface area contributed by atoms with Crippen molar-refractivity contribution in [2.24, 2.45) is 5.41 Å². The molecule has 1 fully saturated rings. The first-order chi connectivity index (χ1) is 8.70. The fraction of sp³-hybridized carbons (Fsp3) is 0.533. The molecule has 2 rings (SSSR count). The van der Waals surface area contributed by atoms with Crippen molar-refractivity contribution in [3.8, 4) is 0 Å². The Morgan fingerprint density at radius 3 is 2.72 bits per heavy atom. The number of carbonyl (C=O) groups excluding carboxylic acids is 1. The van der Waals surface area contributed by atoms with Gasteiger partial charge < -0.3 is 10.1 Å². The summed E-state index contributed by atoms with van der Waals surface area (Å²) in [4.78, 5) is 11.7. The third-order valence-corrected chi connectivity index (χ3v) is 4.01. The smallest absolute Gasteiger partial charge is 0.220 e. The molecule has 3 nitrogen and oxygen atoms in total. The number of hydrogen-bond donors (Lipinski definition) is 1. The molecule has 1 saturated heterocycles. The Morgan fingerprint density at radius 1 is 1.39 bits per heavy atom. The summed E-state index contributed by atoms with van der Waals surface area (Å²) in [5.74, 6) is 0.148. The van der Waals surface area contributed by atoms with Crippen LogP contribution in [0.25, 0.3) is 0 Å². The standard InChI is InChI=1S/C15H21NO2/c1-3-15(11-18-2)10-14(17)16-13(15)9-12-7-5-4-6-8-12/h4-8,13H,3,9-11H2,1-2H3,(H,16,17). The summed E-state index contributed by atoms with van der Waals surface area (Å²) in [5, 5.41) is 3.11. The number of carbonyl (C=O) groups is 1. The minimum Gasteiger partial charge on any atom is -0.384 e. The lowest BCUT2D eigenvalue weighted by Gasteiger charge is -2.32. The summed E-state index contributed by atoms with van der Waals surface area (Å²) in [6, 6.07) is 10.5. The average Bonchev–Trinajstić information content (AvgIpc) is 2.68. The van der Waals surface area contributed by atoms with Crippen molar-refractivity contribution in [1.82, 2.24) is 5.32 Å². The Kier molecular flexibility index (Phi) is 4.02. The van der Waals surface area contributed by atoms with Gasteiger partial charge in [-0.3, -0.25) is 4.79 Å². The summed E-state index contributed by atoms with van der Waals surface area (Å²) < 4.78 is 5.34. The number of hydrogen-bond acceptors (Lipinski definition) is 2. The van der Waals surface area contributed by atoms with Crippen LogP contribution >= 0.6 is 0 Å². The van der Waals surface area contributed by atoms with Gasteiger partial charge in [0.25, 0.3) is 0 Å². The monoisotopic (exact) mass is 247 g/mol. The van der Waals surface area contributed by atoms with E-state index in [0.29, 0.717) is 13.0 Å². The first-order valence-electron chi connectivity index (χ1n) is 6.52. The fourth-order valence-corrected chi connectivity index (χ4v) is 2.87. The van der Waals surface area contributed by atoms with Gasteiger partial charge in [0.1, 0.15) is 0 Å². The number of rotatable bonds is 5. The predicted molar refractivity (Wildman–Crippen MR) is 71.3 cm³/mol. The Hall–Kier alpha value is -1.35. The fourth-order valence-electron chi connectivity index (χ4n) is 2.87. The third-order valence-electron chi connectivity index (χ3n) is 4.01. The van der Waals surface area contributed by atoms with E-state index in [1.54, 1.807) is 7.11 Å². The largest absolute Gasteiger partial charge is 0.384 e. The molecule has 1 aliphatic rings. The van der Waals surface area contributed by atoms with Crippen LogP contribution in [0, 0.1) is 5.41 Å². The van der Waals surface area contributed by atoms with Crippen molar-refractivity contribution in [2.45, 2.75) is 32.2 Å². The molecule has 1 amide bonds. The lowest BCUT2D eigenvalue weighted by Crippen LogP contribution is -2.41. The quantitative estimate of drug-likeness (QED) is 0.866. The Bertz CT molecular complexity index is 404. The molecular weight excluding hydrogens is 226 g/mol. The summed E-state index contributed by atoms with van der Waals surface area (Å²) >= 11 is 0. The van der Waals surface area contributed by atoms with Crippen molar-refractivity contribution in [3.05, 3.63) is 35.9 Å². The van der Waals surface area contributed by atoms with Crippen molar-refractivity contribution in [2.75, 3.05) is 13.7 Å². The van der Waals surface area contributed by atoms with Crippen molar-refractivity contribution in [1.29, 1.82) is 0 Å².